The number of nitrogens with two attached hydrogens (primary N) is 2. The quantitative estimate of drug-likeness (QED) is 0.407. The van der Waals surface area contributed by atoms with Crippen molar-refractivity contribution in [2.24, 2.45) is 5.73 Å². The highest BCUT2D eigenvalue weighted by Gasteiger charge is 2.44. The smallest absolute Gasteiger partial charge is 0.315 e. The number of urea groups is 1. The minimum Gasteiger partial charge on any atom is -0.382 e. The zero-order valence-electron chi connectivity index (χ0n) is 20.6. The van der Waals surface area contributed by atoms with E-state index in [0.717, 1.165) is 30.2 Å². The van der Waals surface area contributed by atoms with E-state index < -0.39 is 15.9 Å². The number of fused-ring (bicyclic) bond motifs is 3. The Bertz CT molecular complexity index is 1660. The summed E-state index contributed by atoms with van der Waals surface area (Å²) in [5.41, 5.74) is 15.7. The van der Waals surface area contributed by atoms with Gasteiger partial charge in [-0.15, -0.1) is 0 Å². The molecular weight excluding hydrogens is 509 g/mol. The first-order chi connectivity index (χ1) is 18.1. The van der Waals surface area contributed by atoms with Gasteiger partial charge in [0, 0.05) is 47.1 Å². The highest BCUT2D eigenvalue weighted by molar-refractivity contribution is 7.91. The van der Waals surface area contributed by atoms with Crippen LogP contribution in [0, 0.1) is 5.82 Å². The Morgan fingerprint density at radius 1 is 1.03 bits per heavy atom. The summed E-state index contributed by atoms with van der Waals surface area (Å²) >= 11 is 0. The molecule has 4 N–H and O–H groups in total. The first kappa shape index (κ1) is 24.3. The third-order valence-corrected chi connectivity index (χ3v) is 8.78. The molecule has 3 aromatic heterocycles. The molecule has 3 atom stereocenters. The lowest BCUT2D eigenvalue weighted by Crippen LogP contribution is -2.48. The number of amides is 2. The molecule has 196 valence electrons. The number of benzene rings is 1. The first-order valence-electron chi connectivity index (χ1n) is 12.3. The van der Waals surface area contributed by atoms with Gasteiger partial charge >= 0.3 is 6.03 Å². The van der Waals surface area contributed by atoms with Crippen molar-refractivity contribution in [2.75, 3.05) is 12.0 Å². The topological polar surface area (TPSA) is 150 Å². The maximum atomic E-state index is 13.3. The van der Waals surface area contributed by atoms with Crippen LogP contribution in [0.3, 0.4) is 0 Å². The molecule has 2 bridgehead atoms. The number of nitrogens with zero attached hydrogens (tertiary/aromatic N) is 5. The molecule has 10 nitrogen and oxygen atoms in total. The van der Waals surface area contributed by atoms with Crippen molar-refractivity contribution in [2.45, 2.75) is 48.6 Å². The van der Waals surface area contributed by atoms with E-state index in [2.05, 4.69) is 10.1 Å². The van der Waals surface area contributed by atoms with Crippen molar-refractivity contribution >= 4 is 27.3 Å². The largest absolute Gasteiger partial charge is 0.382 e. The molecule has 6 rings (SSSR count). The van der Waals surface area contributed by atoms with Crippen molar-refractivity contribution in [3.8, 4) is 22.4 Å². The molecule has 0 unspecified atom stereocenters. The Kier molecular flexibility index (Phi) is 5.60. The lowest BCUT2D eigenvalue weighted by atomic mass is 9.88. The summed E-state index contributed by atoms with van der Waals surface area (Å²) < 4.78 is 40.4. The van der Waals surface area contributed by atoms with Crippen LogP contribution in [0.1, 0.15) is 37.3 Å². The van der Waals surface area contributed by atoms with Crippen LogP contribution in [0.25, 0.3) is 28.0 Å². The zero-order chi connectivity index (χ0) is 26.8. The van der Waals surface area contributed by atoms with E-state index in [1.807, 2.05) is 12.1 Å². The van der Waals surface area contributed by atoms with E-state index in [9.17, 15) is 17.6 Å². The summed E-state index contributed by atoms with van der Waals surface area (Å²) in [5.74, 6) is -0.529. The summed E-state index contributed by atoms with van der Waals surface area (Å²) in [6.07, 6.45) is 7.13. The van der Waals surface area contributed by atoms with Gasteiger partial charge in [0.05, 0.1) is 17.6 Å². The number of piperidine rings is 1. The van der Waals surface area contributed by atoms with Crippen LogP contribution in [-0.2, 0) is 9.84 Å². The minimum atomic E-state index is -3.74. The molecule has 0 radical (unpaired) electrons. The third-order valence-electron chi connectivity index (χ3n) is 7.62. The number of halogens is 1. The Morgan fingerprint density at radius 3 is 2.26 bits per heavy atom. The molecule has 38 heavy (non-hydrogen) atoms. The number of primary amides is 1. The van der Waals surface area contributed by atoms with Crippen LogP contribution in [0.15, 0.2) is 53.7 Å². The van der Waals surface area contributed by atoms with Crippen LogP contribution in [0.2, 0.25) is 0 Å². The number of aromatic nitrogens is 4. The van der Waals surface area contributed by atoms with E-state index in [1.54, 1.807) is 29.4 Å². The van der Waals surface area contributed by atoms with Crippen LogP contribution < -0.4 is 11.5 Å². The van der Waals surface area contributed by atoms with Crippen LogP contribution in [0.4, 0.5) is 15.0 Å². The summed E-state index contributed by atoms with van der Waals surface area (Å²) in [5, 5.41) is 4.35. The van der Waals surface area contributed by atoms with Gasteiger partial charge in [-0.05, 0) is 56.0 Å². The van der Waals surface area contributed by atoms with Gasteiger partial charge in [0.25, 0.3) is 0 Å². The highest BCUT2D eigenvalue weighted by Crippen LogP contribution is 2.45. The van der Waals surface area contributed by atoms with Crippen LogP contribution >= 0.6 is 0 Å². The fourth-order valence-electron chi connectivity index (χ4n) is 5.98. The predicted octanol–water partition coefficient (Wildman–Crippen LogP) is 3.37. The van der Waals surface area contributed by atoms with Crippen molar-refractivity contribution < 1.29 is 17.6 Å². The SMILES string of the molecule is CS(=O)(=O)c1c([C@@H]2C[C@H]3CC[C@@H](C2)N3C(N)=O)nc2c(-c3ccc(-c4ccc(F)cc4)nc3)cnn2c1N. The fourth-order valence-corrected chi connectivity index (χ4v) is 7.04. The second kappa shape index (κ2) is 8.76. The Balaban J connectivity index is 1.44. The second-order valence-electron chi connectivity index (χ2n) is 10.0. The molecule has 2 saturated heterocycles. The summed E-state index contributed by atoms with van der Waals surface area (Å²) in [6, 6.07) is 9.18. The monoisotopic (exact) mass is 535 g/mol. The molecular formula is C26H26FN7O3S. The van der Waals surface area contributed by atoms with E-state index in [4.69, 9.17) is 16.5 Å². The maximum absolute atomic E-state index is 13.3. The van der Waals surface area contributed by atoms with Gasteiger partial charge in [0.2, 0.25) is 0 Å². The number of anilines is 1. The standard InChI is InChI=1S/C26H26FN7O3S/c1-38(36,37)23-22(16-10-18-7-8-19(11-16)33(18)26(29)35)32-25-20(13-31-34(25)24(23)28)15-4-9-21(30-12-15)14-2-5-17(27)6-3-14/h2-6,9,12-13,16,18-19H,7-8,10-11,28H2,1H3,(H2,29,35)/t16-,18-,19+. The normalized spacial score (nSPS) is 21.2. The molecule has 2 aliphatic rings. The van der Waals surface area contributed by atoms with Crippen molar-refractivity contribution in [3.63, 3.8) is 0 Å². The molecule has 0 spiro atoms. The van der Waals surface area contributed by atoms with Gasteiger partial charge in [0.15, 0.2) is 15.5 Å². The predicted molar refractivity (Wildman–Crippen MR) is 139 cm³/mol. The number of carbonyl (C=O) groups excluding carboxylic acids is 1. The second-order valence-corrected chi connectivity index (χ2v) is 12.0. The molecule has 1 aromatic carbocycles. The van der Waals surface area contributed by atoms with Crippen LogP contribution in [-0.4, -0.2) is 57.3 Å². The number of rotatable bonds is 4. The molecule has 12 heteroatoms. The third kappa shape index (κ3) is 3.95. The molecule has 0 aliphatic carbocycles. The minimum absolute atomic E-state index is 0.000630. The summed E-state index contributed by atoms with van der Waals surface area (Å²) in [4.78, 5) is 23.1. The average Bonchev–Trinajstić information content (AvgIpc) is 3.42. The van der Waals surface area contributed by atoms with E-state index in [-0.39, 0.29) is 34.5 Å². The Hall–Kier alpha value is -4.06. The molecule has 2 fully saturated rings. The number of hydrogen-bond donors (Lipinski definition) is 2. The number of pyridine rings is 1. The number of nitrogen functional groups attached to an aromatic ring is 1. The van der Waals surface area contributed by atoms with E-state index in [0.29, 0.717) is 35.4 Å². The summed E-state index contributed by atoms with van der Waals surface area (Å²) in [7, 11) is -3.74. The molecule has 2 aliphatic heterocycles. The van der Waals surface area contributed by atoms with Gasteiger partial charge in [-0.25, -0.2) is 22.6 Å². The van der Waals surface area contributed by atoms with Crippen molar-refractivity contribution in [3.05, 3.63) is 60.3 Å². The summed E-state index contributed by atoms with van der Waals surface area (Å²) in [6.45, 7) is 0. The van der Waals surface area contributed by atoms with Crippen molar-refractivity contribution in [1.82, 2.24) is 24.5 Å². The van der Waals surface area contributed by atoms with Crippen LogP contribution in [0.5, 0.6) is 0 Å². The van der Waals surface area contributed by atoms with Crippen molar-refractivity contribution in [1.29, 1.82) is 0 Å². The number of hydrogen-bond acceptors (Lipinski definition) is 7. The Labute approximate surface area is 218 Å². The van der Waals surface area contributed by atoms with Gasteiger partial charge in [-0.1, -0.05) is 6.07 Å². The Morgan fingerprint density at radius 2 is 1.68 bits per heavy atom. The fraction of sp³-hybridized carbons (Fsp3) is 0.308. The lowest BCUT2D eigenvalue weighted by molar-refractivity contribution is 0.144. The van der Waals surface area contributed by atoms with E-state index >= 15 is 0 Å². The highest BCUT2D eigenvalue weighted by atomic mass is 32.2. The zero-order valence-corrected chi connectivity index (χ0v) is 21.4. The maximum Gasteiger partial charge on any atom is 0.315 e. The molecule has 2 amide bonds. The van der Waals surface area contributed by atoms with E-state index in [1.165, 1.54) is 16.6 Å². The molecule has 4 aromatic rings. The number of carbonyl (C=O) groups is 1. The molecule has 0 saturated carbocycles. The molecule has 5 heterocycles. The van der Waals surface area contributed by atoms with Gasteiger partial charge < -0.3 is 16.4 Å². The van der Waals surface area contributed by atoms with Gasteiger partial charge in [0.1, 0.15) is 16.5 Å². The lowest BCUT2D eigenvalue weighted by Gasteiger charge is -2.38. The van der Waals surface area contributed by atoms with Gasteiger partial charge in [-0.2, -0.15) is 9.61 Å². The van der Waals surface area contributed by atoms with Gasteiger partial charge in [-0.3, -0.25) is 4.98 Å². The average molecular weight is 536 g/mol. The first-order valence-corrected chi connectivity index (χ1v) is 14.2. The number of sulfone groups is 1.